The number of anilines is 1. The summed E-state index contributed by atoms with van der Waals surface area (Å²) in [6, 6.07) is 0.126. The van der Waals surface area contributed by atoms with Crippen LogP contribution in [0.4, 0.5) is 9.93 Å². The van der Waals surface area contributed by atoms with Crippen molar-refractivity contribution in [2.75, 3.05) is 31.6 Å². The fourth-order valence-corrected chi connectivity index (χ4v) is 5.16. The van der Waals surface area contributed by atoms with Gasteiger partial charge in [-0.15, -0.1) is 11.3 Å². The van der Waals surface area contributed by atoms with E-state index in [1.165, 1.54) is 24.2 Å². The molecule has 154 valence electrons. The maximum atomic E-state index is 12.2. The third kappa shape index (κ3) is 5.21. The summed E-state index contributed by atoms with van der Waals surface area (Å²) in [6.45, 7) is 3.29. The van der Waals surface area contributed by atoms with Crippen LogP contribution in [0.5, 0.6) is 0 Å². The largest absolute Gasteiger partial charge is 0.376 e. The first-order valence-corrected chi connectivity index (χ1v) is 11.1. The number of carbonyl (C=O) groups is 2. The van der Waals surface area contributed by atoms with Gasteiger partial charge in [-0.2, -0.15) is 0 Å². The normalized spacial score (nSPS) is 22.8. The van der Waals surface area contributed by atoms with Gasteiger partial charge < -0.3 is 15.4 Å². The number of hydrogen-bond acceptors (Lipinski definition) is 6. The molecule has 8 nitrogen and oxygen atoms in total. The molecule has 0 bridgehead atoms. The molecule has 1 aliphatic carbocycles. The summed E-state index contributed by atoms with van der Waals surface area (Å²) in [5.74, 6) is 0.0396. The summed E-state index contributed by atoms with van der Waals surface area (Å²) >= 11 is 1.51. The number of thiazole rings is 1. The average Bonchev–Trinajstić information content (AvgIpc) is 3.41. The number of hydrogen-bond donors (Lipinski definition) is 3. The minimum atomic E-state index is -0.164. The molecule has 1 saturated carbocycles. The first kappa shape index (κ1) is 19.6. The van der Waals surface area contributed by atoms with Crippen molar-refractivity contribution < 1.29 is 14.3 Å². The van der Waals surface area contributed by atoms with Crippen LogP contribution in [0, 0.1) is 0 Å². The van der Waals surface area contributed by atoms with Crippen molar-refractivity contribution in [2.45, 2.75) is 63.6 Å². The van der Waals surface area contributed by atoms with Gasteiger partial charge in [0.05, 0.1) is 18.3 Å². The van der Waals surface area contributed by atoms with Crippen molar-refractivity contribution in [2.24, 2.45) is 0 Å². The molecule has 9 heteroatoms. The lowest BCUT2D eigenvalue weighted by Gasteiger charge is -2.25. The molecule has 1 aromatic rings. The van der Waals surface area contributed by atoms with E-state index in [-0.39, 0.29) is 18.0 Å². The summed E-state index contributed by atoms with van der Waals surface area (Å²) < 4.78 is 5.54. The lowest BCUT2D eigenvalue weighted by Crippen LogP contribution is -2.41. The molecule has 2 fully saturated rings. The fourth-order valence-electron chi connectivity index (χ4n) is 4.12. The van der Waals surface area contributed by atoms with E-state index < -0.39 is 0 Å². The number of aromatic nitrogens is 1. The van der Waals surface area contributed by atoms with Gasteiger partial charge in [0.25, 0.3) is 0 Å². The molecule has 3 N–H and O–H groups in total. The fraction of sp³-hybridized carbons (Fsp3) is 0.737. The Morgan fingerprint density at radius 1 is 1.21 bits per heavy atom. The quantitative estimate of drug-likeness (QED) is 0.669. The van der Waals surface area contributed by atoms with E-state index in [4.69, 9.17) is 4.74 Å². The summed E-state index contributed by atoms with van der Waals surface area (Å²) in [5, 5.41) is 9.52. The van der Waals surface area contributed by atoms with Crippen molar-refractivity contribution in [1.82, 2.24) is 20.5 Å². The van der Waals surface area contributed by atoms with Crippen molar-refractivity contribution in [3.05, 3.63) is 10.6 Å². The van der Waals surface area contributed by atoms with Gasteiger partial charge in [-0.05, 0) is 25.7 Å². The van der Waals surface area contributed by atoms with E-state index in [2.05, 4.69) is 25.8 Å². The SMILES string of the molecule is O=C(CN1CCc2nc(NC(=O)NC3CCCC3)sc2C1)NCC1CCCO1. The average molecular weight is 408 g/mol. The van der Waals surface area contributed by atoms with Crippen LogP contribution in [0.3, 0.4) is 0 Å². The molecule has 3 aliphatic rings. The van der Waals surface area contributed by atoms with Crippen LogP contribution in [-0.2, 0) is 22.5 Å². The van der Waals surface area contributed by atoms with E-state index in [1.54, 1.807) is 0 Å². The molecule has 0 spiro atoms. The minimum absolute atomic E-state index is 0.0396. The van der Waals surface area contributed by atoms with E-state index in [0.717, 1.165) is 55.8 Å². The Balaban J connectivity index is 1.23. The molecule has 3 heterocycles. The number of amides is 3. The predicted octanol–water partition coefficient (Wildman–Crippen LogP) is 1.86. The van der Waals surface area contributed by atoms with Gasteiger partial charge in [-0.3, -0.25) is 15.0 Å². The highest BCUT2D eigenvalue weighted by atomic mass is 32.1. The van der Waals surface area contributed by atoms with Crippen LogP contribution in [-0.4, -0.2) is 60.2 Å². The summed E-state index contributed by atoms with van der Waals surface area (Å²) in [6.07, 6.45) is 7.58. The molecule has 1 atom stereocenters. The van der Waals surface area contributed by atoms with Gasteiger partial charge in [0.2, 0.25) is 5.91 Å². The second-order valence-corrected chi connectivity index (χ2v) is 8.95. The van der Waals surface area contributed by atoms with Crippen LogP contribution in [0.2, 0.25) is 0 Å². The number of nitrogens with zero attached hydrogens (tertiary/aromatic N) is 2. The van der Waals surface area contributed by atoms with Crippen molar-refractivity contribution in [1.29, 1.82) is 0 Å². The molecule has 2 aliphatic heterocycles. The van der Waals surface area contributed by atoms with Crippen molar-refractivity contribution in [3.8, 4) is 0 Å². The van der Waals surface area contributed by atoms with Crippen LogP contribution in [0.15, 0.2) is 0 Å². The first-order valence-electron chi connectivity index (χ1n) is 10.3. The monoisotopic (exact) mass is 407 g/mol. The highest BCUT2D eigenvalue weighted by Crippen LogP contribution is 2.28. The van der Waals surface area contributed by atoms with E-state index in [9.17, 15) is 9.59 Å². The third-order valence-electron chi connectivity index (χ3n) is 5.64. The molecule has 28 heavy (non-hydrogen) atoms. The summed E-state index contributed by atoms with van der Waals surface area (Å²) in [5.41, 5.74) is 1.04. The highest BCUT2D eigenvalue weighted by molar-refractivity contribution is 7.15. The number of ether oxygens (including phenoxy) is 1. The van der Waals surface area contributed by atoms with E-state index in [0.29, 0.717) is 30.8 Å². The standard InChI is InChI=1S/C19H29N5O3S/c25-17(20-10-14-6-3-9-27-14)12-24-8-7-15-16(11-24)28-19(22-15)23-18(26)21-13-4-1-2-5-13/h13-14H,1-12H2,(H,20,25)(H2,21,22,23,26). The maximum Gasteiger partial charge on any atom is 0.321 e. The van der Waals surface area contributed by atoms with Crippen LogP contribution < -0.4 is 16.0 Å². The zero-order valence-electron chi connectivity index (χ0n) is 16.2. The topological polar surface area (TPSA) is 95.6 Å². The van der Waals surface area contributed by atoms with Gasteiger partial charge in [-0.25, -0.2) is 9.78 Å². The smallest absolute Gasteiger partial charge is 0.321 e. The van der Waals surface area contributed by atoms with Crippen molar-refractivity contribution in [3.63, 3.8) is 0 Å². The molecule has 1 aromatic heterocycles. The van der Waals surface area contributed by atoms with E-state index in [1.807, 2.05) is 0 Å². The Labute approximate surface area is 169 Å². The Morgan fingerprint density at radius 3 is 2.86 bits per heavy atom. The number of nitrogens with one attached hydrogen (secondary N) is 3. The summed E-state index contributed by atoms with van der Waals surface area (Å²) in [7, 11) is 0. The molecule has 4 rings (SSSR count). The Bertz CT molecular complexity index is 698. The first-order chi connectivity index (χ1) is 13.7. The van der Waals surface area contributed by atoms with Gasteiger partial charge in [0, 0.05) is 43.6 Å². The van der Waals surface area contributed by atoms with E-state index >= 15 is 0 Å². The number of fused-ring (bicyclic) bond motifs is 1. The van der Waals surface area contributed by atoms with Crippen LogP contribution in [0.1, 0.15) is 49.1 Å². The predicted molar refractivity (Wildman–Crippen MR) is 107 cm³/mol. The number of rotatable bonds is 6. The zero-order chi connectivity index (χ0) is 19.3. The Morgan fingerprint density at radius 2 is 2.07 bits per heavy atom. The van der Waals surface area contributed by atoms with Gasteiger partial charge in [0.15, 0.2) is 5.13 Å². The molecular weight excluding hydrogens is 378 g/mol. The molecule has 3 amide bonds. The van der Waals surface area contributed by atoms with Gasteiger partial charge in [0.1, 0.15) is 0 Å². The second kappa shape index (κ2) is 9.19. The Kier molecular flexibility index (Phi) is 6.43. The Hall–Kier alpha value is -1.71. The van der Waals surface area contributed by atoms with Crippen LogP contribution >= 0.6 is 11.3 Å². The number of urea groups is 1. The third-order valence-corrected chi connectivity index (χ3v) is 6.64. The molecular formula is C19H29N5O3S. The van der Waals surface area contributed by atoms with Crippen LogP contribution in [0.25, 0.3) is 0 Å². The number of carbonyl (C=O) groups excluding carboxylic acids is 2. The van der Waals surface area contributed by atoms with Gasteiger partial charge in [-0.1, -0.05) is 12.8 Å². The lowest BCUT2D eigenvalue weighted by molar-refractivity contribution is -0.122. The van der Waals surface area contributed by atoms with Crippen molar-refractivity contribution >= 4 is 28.4 Å². The summed E-state index contributed by atoms with van der Waals surface area (Å²) in [4.78, 5) is 32.2. The zero-order valence-corrected chi connectivity index (χ0v) is 17.0. The minimum Gasteiger partial charge on any atom is -0.376 e. The highest BCUT2D eigenvalue weighted by Gasteiger charge is 2.24. The molecule has 0 aromatic carbocycles. The van der Waals surface area contributed by atoms with Gasteiger partial charge >= 0.3 is 6.03 Å². The second-order valence-electron chi connectivity index (χ2n) is 7.87. The molecule has 1 unspecified atom stereocenters. The molecule has 0 radical (unpaired) electrons. The maximum absolute atomic E-state index is 12.2. The molecule has 1 saturated heterocycles. The lowest BCUT2D eigenvalue weighted by atomic mass is 10.2.